The number of alkyl halides is 2. The van der Waals surface area contributed by atoms with Crippen LogP contribution in [0.5, 0.6) is 0 Å². The topological polar surface area (TPSA) is 174 Å². The molecule has 0 fully saturated rings. The molecule has 0 atom stereocenters. The number of aliphatic hydroxyl groups excluding tert-OH is 1. The first-order chi connectivity index (χ1) is 16.2. The maximum Gasteiger partial charge on any atom is 0.382 e. The van der Waals surface area contributed by atoms with Crippen LogP contribution >= 0.6 is 11.6 Å². The molecule has 6 N–H and O–H groups in total. The molecule has 0 aliphatic rings. The van der Waals surface area contributed by atoms with Gasteiger partial charge in [-0.2, -0.15) is 13.9 Å². The minimum Gasteiger partial charge on any atom is -0.363 e. The molecule has 11 nitrogen and oxygen atoms in total. The van der Waals surface area contributed by atoms with Crippen LogP contribution in [0.1, 0.15) is 36.0 Å². The zero-order chi connectivity index (χ0) is 26.1. The minimum absolute atomic E-state index is 0.0523. The number of nitrogens with zero attached hydrogens (tertiary/aromatic N) is 4. The lowest BCUT2D eigenvalue weighted by molar-refractivity contribution is -0.326. The fourth-order valence-corrected chi connectivity index (χ4v) is 3.08. The second kappa shape index (κ2) is 9.85. The molecule has 1 aromatic carbocycles. The fraction of sp³-hybridized carbons (Fsp3) is 0.300. The molecule has 0 aliphatic heterocycles. The van der Waals surface area contributed by atoms with Gasteiger partial charge in [0.05, 0.1) is 10.7 Å². The van der Waals surface area contributed by atoms with E-state index in [-0.39, 0.29) is 28.5 Å². The number of aromatic nitrogens is 4. The van der Waals surface area contributed by atoms with Crippen molar-refractivity contribution in [1.29, 1.82) is 0 Å². The Balaban J connectivity index is 1.87. The average molecular weight is 518 g/mol. The molecule has 0 aliphatic carbocycles. The van der Waals surface area contributed by atoms with Gasteiger partial charge in [-0.15, -0.1) is 0 Å². The molecule has 0 radical (unpaired) electrons. The van der Waals surface area contributed by atoms with Gasteiger partial charge in [0.1, 0.15) is 11.5 Å². The normalized spacial score (nSPS) is 12.3. The third-order valence-electron chi connectivity index (χ3n) is 4.68. The van der Waals surface area contributed by atoms with Crippen LogP contribution < -0.4 is 5.32 Å². The smallest absolute Gasteiger partial charge is 0.363 e. The fourth-order valence-electron chi connectivity index (χ4n) is 2.96. The maximum absolute atomic E-state index is 15.0. The largest absolute Gasteiger partial charge is 0.382 e. The Hall–Kier alpha value is -3.14. The number of hydrogen-bond acceptors (Lipinski definition) is 9. The van der Waals surface area contributed by atoms with Gasteiger partial charge in [0.2, 0.25) is 5.82 Å². The predicted octanol–water partition coefficient (Wildman–Crippen LogP) is 0.631. The molecule has 15 heteroatoms. The lowest BCUT2D eigenvalue weighted by Crippen LogP contribution is -2.40. The van der Waals surface area contributed by atoms with Crippen molar-refractivity contribution < 1.29 is 43.5 Å². The van der Waals surface area contributed by atoms with E-state index >= 15 is 8.78 Å². The van der Waals surface area contributed by atoms with Crippen LogP contribution in [-0.2, 0) is 29.8 Å². The zero-order valence-corrected chi connectivity index (χ0v) is 18.6. The van der Waals surface area contributed by atoms with Gasteiger partial charge in [-0.3, -0.25) is 4.79 Å². The number of carbonyl (C=O) groups is 1. The Kier molecular flexibility index (Phi) is 7.45. The van der Waals surface area contributed by atoms with E-state index in [4.69, 9.17) is 11.6 Å². The van der Waals surface area contributed by atoms with Gasteiger partial charge in [-0.05, 0) is 42.8 Å². The van der Waals surface area contributed by atoms with Gasteiger partial charge in [-0.25, -0.2) is 19.0 Å². The molecule has 0 spiro atoms. The molecule has 0 saturated carbocycles. The monoisotopic (exact) mass is 517 g/mol. The second-order valence-electron chi connectivity index (χ2n) is 7.26. The van der Waals surface area contributed by atoms with Gasteiger partial charge in [0.15, 0.2) is 12.1 Å². The van der Waals surface area contributed by atoms with Gasteiger partial charge >= 0.3 is 11.9 Å². The van der Waals surface area contributed by atoms with Crippen molar-refractivity contribution in [3.63, 3.8) is 0 Å². The molecule has 0 bridgehead atoms. The number of hydrogen-bond donors (Lipinski definition) is 6. The van der Waals surface area contributed by atoms with E-state index in [0.29, 0.717) is 0 Å². The highest BCUT2D eigenvalue weighted by atomic mass is 35.5. The summed E-state index contributed by atoms with van der Waals surface area (Å²) in [5, 5.41) is 52.0. The van der Waals surface area contributed by atoms with E-state index in [1.165, 1.54) is 19.1 Å². The number of amides is 1. The number of benzene rings is 1. The van der Waals surface area contributed by atoms with E-state index in [9.17, 15) is 34.7 Å². The molecule has 35 heavy (non-hydrogen) atoms. The molecule has 188 valence electrons. The van der Waals surface area contributed by atoms with Crippen LogP contribution in [0, 0.1) is 5.82 Å². The molecule has 1 amide bonds. The number of nitrogens with one attached hydrogen (secondary N) is 1. The highest BCUT2D eigenvalue weighted by molar-refractivity contribution is 6.30. The molecule has 0 unspecified atom stereocenters. The zero-order valence-electron chi connectivity index (χ0n) is 17.8. The first-order valence-electron chi connectivity index (χ1n) is 9.85. The lowest BCUT2D eigenvalue weighted by atomic mass is 10.1. The highest BCUT2D eigenvalue weighted by Crippen LogP contribution is 2.30. The van der Waals surface area contributed by atoms with E-state index in [0.717, 1.165) is 22.9 Å². The lowest BCUT2D eigenvalue weighted by Gasteiger charge is -2.18. The standard InChI is InChI=1S/C20H19ClF3N5O6/c1-2-29-17(27-15(28-29)10-3-4-11(21)12(22)7-10)19(23,24)18(32)25-8-9-5-13(16(30)31)26-14(6-9)20(33,34)35/h3-7,16,30-31,33-35H,2,8H2,1H3,(H,25,32). The van der Waals surface area contributed by atoms with Crippen LogP contribution in [0.15, 0.2) is 30.3 Å². The van der Waals surface area contributed by atoms with Crippen LogP contribution in [0.4, 0.5) is 13.2 Å². The Morgan fingerprint density at radius 2 is 1.86 bits per heavy atom. The summed E-state index contributed by atoms with van der Waals surface area (Å²) in [6.07, 6.45) is -2.20. The maximum atomic E-state index is 15.0. The van der Waals surface area contributed by atoms with Crippen LogP contribution in [0.25, 0.3) is 11.4 Å². The number of aliphatic hydroxyl groups is 5. The van der Waals surface area contributed by atoms with Crippen LogP contribution in [-0.4, -0.2) is 51.2 Å². The van der Waals surface area contributed by atoms with Gasteiger partial charge < -0.3 is 30.8 Å². The number of halogens is 4. The van der Waals surface area contributed by atoms with Crippen molar-refractivity contribution in [3.8, 4) is 11.4 Å². The van der Waals surface area contributed by atoms with E-state index in [1.807, 2.05) is 5.32 Å². The molecule has 3 aromatic rings. The Bertz CT molecular complexity index is 1250. The third kappa shape index (κ3) is 5.75. The van der Waals surface area contributed by atoms with Crippen molar-refractivity contribution in [3.05, 3.63) is 63.9 Å². The molecule has 2 heterocycles. The number of pyridine rings is 1. The summed E-state index contributed by atoms with van der Waals surface area (Å²) < 4.78 is 44.5. The van der Waals surface area contributed by atoms with Crippen molar-refractivity contribution in [2.24, 2.45) is 0 Å². The van der Waals surface area contributed by atoms with E-state index < -0.39 is 53.7 Å². The predicted molar refractivity (Wildman–Crippen MR) is 112 cm³/mol. The Labute approximate surface area is 200 Å². The number of carbonyl (C=O) groups excluding carboxylic acids is 1. The minimum atomic E-state index is -4.21. The highest BCUT2D eigenvalue weighted by Gasteiger charge is 2.46. The summed E-state index contributed by atoms with van der Waals surface area (Å²) in [4.78, 5) is 19.5. The van der Waals surface area contributed by atoms with Gasteiger partial charge in [0, 0.05) is 18.7 Å². The van der Waals surface area contributed by atoms with Gasteiger partial charge in [0.25, 0.3) is 5.91 Å². The summed E-state index contributed by atoms with van der Waals surface area (Å²) in [6, 6.07) is 5.29. The molecule has 2 aromatic heterocycles. The quantitative estimate of drug-likeness (QED) is 0.234. The van der Waals surface area contributed by atoms with Gasteiger partial charge in [-0.1, -0.05) is 11.6 Å². The van der Waals surface area contributed by atoms with E-state index in [1.54, 1.807) is 0 Å². The molecular formula is C20H19ClF3N5O6. The van der Waals surface area contributed by atoms with Crippen molar-refractivity contribution >= 4 is 17.5 Å². The summed E-state index contributed by atoms with van der Waals surface area (Å²) in [7, 11) is 0. The van der Waals surface area contributed by atoms with Crippen LogP contribution in [0.3, 0.4) is 0 Å². The molecular weight excluding hydrogens is 499 g/mol. The molecule has 3 rings (SSSR count). The van der Waals surface area contributed by atoms with Crippen LogP contribution in [0.2, 0.25) is 5.02 Å². The summed E-state index contributed by atoms with van der Waals surface area (Å²) in [5.41, 5.74) is -1.47. The number of rotatable bonds is 8. The number of aryl methyl sites for hydroxylation is 1. The second-order valence-corrected chi connectivity index (χ2v) is 7.66. The Morgan fingerprint density at radius 1 is 1.17 bits per heavy atom. The summed E-state index contributed by atoms with van der Waals surface area (Å²) >= 11 is 5.63. The SMILES string of the molecule is CCn1nc(-c2ccc(Cl)c(F)c2)nc1C(F)(F)C(=O)NCc1cc(C(O)O)nc(C(O)(O)O)c1. The first kappa shape index (κ1) is 26.5. The van der Waals surface area contributed by atoms with Crippen molar-refractivity contribution in [2.75, 3.05) is 0 Å². The Morgan fingerprint density at radius 3 is 2.43 bits per heavy atom. The summed E-state index contributed by atoms with van der Waals surface area (Å²) in [6.45, 7) is 0.719. The van der Waals surface area contributed by atoms with Crippen molar-refractivity contribution in [2.45, 2.75) is 38.2 Å². The third-order valence-corrected chi connectivity index (χ3v) is 4.99. The van der Waals surface area contributed by atoms with E-state index in [2.05, 4.69) is 15.1 Å². The molecule has 0 saturated heterocycles. The first-order valence-corrected chi connectivity index (χ1v) is 10.2. The van der Waals surface area contributed by atoms with Crippen molar-refractivity contribution in [1.82, 2.24) is 25.1 Å². The summed E-state index contributed by atoms with van der Waals surface area (Å²) in [5.74, 6) is -11.6. The average Bonchev–Trinajstić information content (AvgIpc) is 3.24.